The number of hydrogen-bond donors (Lipinski definition) is 2. The number of amides is 2. The number of rotatable bonds is 7. The van der Waals surface area contributed by atoms with Crippen LogP contribution < -0.4 is 15.5 Å². The number of hydrazone groups is 1. The first-order valence-electron chi connectivity index (χ1n) is 11.6. The van der Waals surface area contributed by atoms with Gasteiger partial charge in [0.1, 0.15) is 17.4 Å². The molecule has 0 radical (unpaired) electrons. The number of nitrogens with one attached hydrogen (secondary N) is 2. The number of carbonyl (C=O) groups is 3. The Hall–Kier alpha value is -3.98. The topological polar surface area (TPSA) is 106 Å². The summed E-state index contributed by atoms with van der Waals surface area (Å²) in [5.41, 5.74) is 6.46. The van der Waals surface area contributed by atoms with Gasteiger partial charge < -0.3 is 14.8 Å². The van der Waals surface area contributed by atoms with Gasteiger partial charge >= 0.3 is 17.8 Å². The van der Waals surface area contributed by atoms with Crippen LogP contribution in [0.4, 0.5) is 5.00 Å². The molecule has 3 aromatic rings. The number of benzene rings is 2. The molecule has 0 spiro atoms. The van der Waals surface area contributed by atoms with E-state index in [4.69, 9.17) is 9.47 Å². The van der Waals surface area contributed by atoms with E-state index in [-0.39, 0.29) is 0 Å². The van der Waals surface area contributed by atoms with Crippen LogP contribution in [0.1, 0.15) is 50.3 Å². The molecule has 0 saturated heterocycles. The zero-order chi connectivity index (χ0) is 25.5. The highest BCUT2D eigenvalue weighted by atomic mass is 32.1. The molecule has 1 aromatic heterocycles. The number of fused-ring (bicyclic) bond motifs is 1. The minimum atomic E-state index is -0.938. The Morgan fingerprint density at radius 3 is 2.53 bits per heavy atom. The molecule has 1 aliphatic rings. The normalized spacial score (nSPS) is 12.6. The zero-order valence-electron chi connectivity index (χ0n) is 20.1. The van der Waals surface area contributed by atoms with Gasteiger partial charge in [-0.1, -0.05) is 24.3 Å². The summed E-state index contributed by atoms with van der Waals surface area (Å²) in [6.45, 7) is 2.51. The summed E-state index contributed by atoms with van der Waals surface area (Å²) in [4.78, 5) is 38.0. The van der Waals surface area contributed by atoms with Gasteiger partial charge in [0.15, 0.2) is 0 Å². The molecule has 2 amide bonds. The number of hydrogen-bond acceptors (Lipinski definition) is 7. The van der Waals surface area contributed by atoms with Crippen LogP contribution in [0.25, 0.3) is 0 Å². The molecule has 9 heteroatoms. The molecule has 8 nitrogen and oxygen atoms in total. The lowest BCUT2D eigenvalue weighted by atomic mass is 9.95. The number of nitrogens with zero attached hydrogens (tertiary/aromatic N) is 1. The first-order valence-corrected chi connectivity index (χ1v) is 12.4. The number of ether oxygens (including phenoxy) is 2. The number of aryl methyl sites for hydroxylation is 2. The minimum Gasteiger partial charge on any atom is -0.489 e. The molecule has 4 rings (SSSR count). The van der Waals surface area contributed by atoms with Gasteiger partial charge in [-0.3, -0.25) is 9.59 Å². The average molecular weight is 506 g/mol. The molecular weight excluding hydrogens is 478 g/mol. The molecule has 0 saturated carbocycles. The van der Waals surface area contributed by atoms with Gasteiger partial charge in [-0.05, 0) is 79.1 Å². The third kappa shape index (κ3) is 5.98. The molecule has 2 N–H and O–H groups in total. The van der Waals surface area contributed by atoms with E-state index in [0.29, 0.717) is 22.9 Å². The maximum absolute atomic E-state index is 12.4. The lowest BCUT2D eigenvalue weighted by Gasteiger charge is -2.11. The molecule has 0 atom stereocenters. The Bertz CT molecular complexity index is 1300. The number of anilines is 1. The third-order valence-corrected chi connectivity index (χ3v) is 7.12. The lowest BCUT2D eigenvalue weighted by molar-refractivity contribution is -0.136. The van der Waals surface area contributed by atoms with Gasteiger partial charge in [0.25, 0.3) is 0 Å². The van der Waals surface area contributed by atoms with E-state index >= 15 is 0 Å². The summed E-state index contributed by atoms with van der Waals surface area (Å²) in [5.74, 6) is -1.66. The highest BCUT2D eigenvalue weighted by Crippen LogP contribution is 2.38. The summed E-state index contributed by atoms with van der Waals surface area (Å²) in [5, 5.41) is 6.74. The maximum atomic E-state index is 12.4. The Morgan fingerprint density at radius 2 is 1.78 bits per heavy atom. The molecule has 1 heterocycles. The van der Waals surface area contributed by atoms with Crippen LogP contribution in [-0.4, -0.2) is 31.1 Å². The molecule has 36 heavy (non-hydrogen) atoms. The summed E-state index contributed by atoms with van der Waals surface area (Å²) in [7, 11) is 1.30. The number of esters is 1. The van der Waals surface area contributed by atoms with Gasteiger partial charge in [0, 0.05) is 4.88 Å². The van der Waals surface area contributed by atoms with Crippen molar-refractivity contribution in [2.45, 2.75) is 39.2 Å². The quantitative estimate of drug-likeness (QED) is 0.214. The van der Waals surface area contributed by atoms with Crippen molar-refractivity contribution in [3.63, 3.8) is 0 Å². The molecule has 2 aromatic carbocycles. The Kier molecular flexibility index (Phi) is 8.12. The molecule has 186 valence electrons. The second kappa shape index (κ2) is 11.6. The van der Waals surface area contributed by atoms with Crippen molar-refractivity contribution < 1.29 is 23.9 Å². The van der Waals surface area contributed by atoms with E-state index < -0.39 is 17.8 Å². The molecule has 0 unspecified atom stereocenters. The Morgan fingerprint density at radius 1 is 1.03 bits per heavy atom. The zero-order valence-corrected chi connectivity index (χ0v) is 20.9. The summed E-state index contributed by atoms with van der Waals surface area (Å²) in [6.07, 6.45) is 5.01. The van der Waals surface area contributed by atoms with Crippen molar-refractivity contribution >= 4 is 40.3 Å². The maximum Gasteiger partial charge on any atom is 0.341 e. The van der Waals surface area contributed by atoms with Gasteiger partial charge in [-0.25, -0.2) is 10.2 Å². The van der Waals surface area contributed by atoms with E-state index in [1.807, 2.05) is 31.2 Å². The fourth-order valence-corrected chi connectivity index (χ4v) is 5.20. The molecule has 0 bridgehead atoms. The molecule has 0 fully saturated rings. The average Bonchev–Trinajstić information content (AvgIpc) is 3.26. The van der Waals surface area contributed by atoms with E-state index in [1.54, 1.807) is 24.3 Å². The van der Waals surface area contributed by atoms with Gasteiger partial charge in [0.2, 0.25) is 0 Å². The smallest absolute Gasteiger partial charge is 0.341 e. The van der Waals surface area contributed by atoms with Crippen molar-refractivity contribution in [1.29, 1.82) is 0 Å². The van der Waals surface area contributed by atoms with Gasteiger partial charge in [-0.2, -0.15) is 5.10 Å². The fraction of sp³-hybridized carbons (Fsp3) is 0.259. The van der Waals surface area contributed by atoms with E-state index in [9.17, 15) is 14.4 Å². The van der Waals surface area contributed by atoms with Crippen molar-refractivity contribution in [3.05, 3.63) is 81.2 Å². The van der Waals surface area contributed by atoms with Gasteiger partial charge in [-0.15, -0.1) is 11.3 Å². The van der Waals surface area contributed by atoms with Crippen LogP contribution in [0, 0.1) is 6.92 Å². The SMILES string of the molecule is COC(=O)c1c(NC(=O)C(=O)N/N=C/c2ccc(OCc3ccccc3C)cc2)sc2c1CCCC2. The Labute approximate surface area is 213 Å². The molecule has 0 aliphatic heterocycles. The minimum absolute atomic E-state index is 0.333. The second-order valence-electron chi connectivity index (χ2n) is 8.34. The van der Waals surface area contributed by atoms with E-state index in [2.05, 4.69) is 15.8 Å². The summed E-state index contributed by atoms with van der Waals surface area (Å²) in [6, 6.07) is 15.2. The van der Waals surface area contributed by atoms with Crippen molar-refractivity contribution in [2.75, 3.05) is 12.4 Å². The number of carbonyl (C=O) groups excluding carboxylic acids is 3. The summed E-state index contributed by atoms with van der Waals surface area (Å²) >= 11 is 1.31. The highest BCUT2D eigenvalue weighted by molar-refractivity contribution is 7.17. The highest BCUT2D eigenvalue weighted by Gasteiger charge is 2.28. The molecular formula is C27H27N3O5S. The third-order valence-electron chi connectivity index (χ3n) is 5.91. The van der Waals surface area contributed by atoms with Crippen molar-refractivity contribution in [2.24, 2.45) is 5.10 Å². The van der Waals surface area contributed by atoms with Crippen molar-refractivity contribution in [1.82, 2.24) is 5.43 Å². The second-order valence-corrected chi connectivity index (χ2v) is 9.45. The predicted molar refractivity (Wildman–Crippen MR) is 139 cm³/mol. The first kappa shape index (κ1) is 25.1. The Balaban J connectivity index is 1.32. The standard InChI is InChI=1S/C27H27N3O5S/c1-17-7-3-4-8-19(17)16-35-20-13-11-18(12-14-20)15-28-30-25(32)24(31)29-26-23(27(33)34-2)21-9-5-6-10-22(21)36-26/h3-4,7-8,11-15H,5-6,9-10,16H2,1-2H3,(H,29,31)(H,30,32)/b28-15+. The van der Waals surface area contributed by atoms with Gasteiger partial charge in [0.05, 0.1) is 18.9 Å². The van der Waals surface area contributed by atoms with Crippen LogP contribution in [0.15, 0.2) is 53.6 Å². The molecule has 1 aliphatic carbocycles. The monoisotopic (exact) mass is 505 g/mol. The first-order chi connectivity index (χ1) is 17.5. The van der Waals surface area contributed by atoms with E-state index in [0.717, 1.165) is 47.3 Å². The van der Waals surface area contributed by atoms with Crippen molar-refractivity contribution in [3.8, 4) is 5.75 Å². The number of methoxy groups -OCH3 is 1. The number of thiophene rings is 1. The van der Waals surface area contributed by atoms with Crippen LogP contribution in [0.5, 0.6) is 5.75 Å². The van der Waals surface area contributed by atoms with Crippen LogP contribution in [0.2, 0.25) is 0 Å². The van der Waals surface area contributed by atoms with E-state index in [1.165, 1.54) is 30.2 Å². The lowest BCUT2D eigenvalue weighted by Crippen LogP contribution is -2.32. The predicted octanol–water partition coefficient (Wildman–Crippen LogP) is 4.39. The van der Waals surface area contributed by atoms with Crippen LogP contribution in [-0.2, 0) is 33.8 Å². The van der Waals surface area contributed by atoms with Crippen LogP contribution >= 0.6 is 11.3 Å². The largest absolute Gasteiger partial charge is 0.489 e. The van der Waals surface area contributed by atoms with Crippen LogP contribution in [0.3, 0.4) is 0 Å². The fourth-order valence-electron chi connectivity index (χ4n) is 3.93. The summed E-state index contributed by atoms with van der Waals surface area (Å²) < 4.78 is 10.7.